The van der Waals surface area contributed by atoms with E-state index in [1.807, 2.05) is 4.98 Å². The molecule has 29 heteroatoms. The predicted octanol–water partition coefficient (Wildman–Crippen LogP) is 7.42. The Labute approximate surface area is 412 Å². The molecular formula is C43H50F2N10O14P2S. The monoisotopic (exact) mass is 1060 g/mol. The van der Waals surface area contributed by atoms with Crippen molar-refractivity contribution in [2.24, 2.45) is 5.11 Å². The molecule has 72 heavy (non-hydrogen) atoms. The number of phosphoric acid groups is 1. The summed E-state index contributed by atoms with van der Waals surface area (Å²) < 4.78 is 109. The van der Waals surface area contributed by atoms with Crippen molar-refractivity contribution in [3.63, 3.8) is 0 Å². The van der Waals surface area contributed by atoms with Crippen LogP contribution in [0.25, 0.3) is 21.6 Å². The summed E-state index contributed by atoms with van der Waals surface area (Å²) >= 11 is 0.587. The Morgan fingerprint density at radius 1 is 0.861 bits per heavy atom. The topological polar surface area (TPSA) is 319 Å². The summed E-state index contributed by atoms with van der Waals surface area (Å²) in [4.78, 5) is 65.2. The number of nitrogen functional groups attached to an aromatic ring is 1. The second-order valence-electron chi connectivity index (χ2n) is 16.7. The first-order chi connectivity index (χ1) is 34.7. The third-order valence-corrected chi connectivity index (χ3v) is 16.4. The zero-order valence-corrected chi connectivity index (χ0v) is 40.8. The number of fused-ring (bicyclic) bond motifs is 3. The van der Waals surface area contributed by atoms with Crippen molar-refractivity contribution in [3.05, 3.63) is 116 Å². The number of alkyl halides is 2. The molecule has 6 heterocycles. The number of esters is 1. The number of nitrogens with two attached hydrogens (primary N) is 1. The zero-order chi connectivity index (χ0) is 50.8. The summed E-state index contributed by atoms with van der Waals surface area (Å²) in [5, 5.41) is 3.55. The van der Waals surface area contributed by atoms with Crippen molar-refractivity contribution in [1.29, 1.82) is 0 Å². The molecule has 0 amide bonds. The van der Waals surface area contributed by atoms with Crippen molar-refractivity contribution < 1.29 is 64.6 Å². The number of phosphoric ester groups is 1. The fourth-order valence-corrected chi connectivity index (χ4v) is 12.4. The summed E-state index contributed by atoms with van der Waals surface area (Å²) in [5.41, 5.74) is 13.3. The number of anilines is 1. The number of aromatic amines is 1. The second-order valence-corrected chi connectivity index (χ2v) is 22.2. The molecule has 2 aromatic carbocycles. The van der Waals surface area contributed by atoms with Gasteiger partial charge in [-0.25, -0.2) is 42.5 Å². The molecule has 8 rings (SSSR count). The van der Waals surface area contributed by atoms with E-state index in [1.165, 1.54) is 12.1 Å². The van der Waals surface area contributed by atoms with E-state index in [1.54, 1.807) is 36.4 Å². The molecule has 3 aromatic heterocycles. The van der Waals surface area contributed by atoms with Gasteiger partial charge in [0.25, 0.3) is 5.56 Å². The van der Waals surface area contributed by atoms with Crippen LogP contribution in [0, 0.1) is 0 Å². The maximum atomic E-state index is 16.5. The number of carbonyl (C=O) groups excluding carboxylic acids is 1. The summed E-state index contributed by atoms with van der Waals surface area (Å²) in [6.45, 7) is -5.37. The number of H-pyrrole nitrogens is 1. The number of nitrogens with one attached hydrogen (secondary N) is 1. The van der Waals surface area contributed by atoms with Crippen LogP contribution < -0.4 is 26.5 Å². The molecule has 5 aromatic rings. The largest absolute Gasteiger partial charge is 0.494 e. The predicted molar refractivity (Wildman–Crippen MR) is 253 cm³/mol. The number of imidazole rings is 1. The van der Waals surface area contributed by atoms with Crippen LogP contribution in [0.2, 0.25) is 0 Å². The van der Waals surface area contributed by atoms with Gasteiger partial charge in [-0.2, -0.15) is 0 Å². The number of hydrogen-bond donors (Lipinski definition) is 3. The lowest BCUT2D eigenvalue weighted by Gasteiger charge is -2.29. The molecule has 24 nitrogen and oxygen atoms in total. The molecule has 10 atom stereocenters. The number of halogens is 2. The highest BCUT2D eigenvalue weighted by Crippen LogP contribution is 2.65. The Hall–Kier alpha value is -5.56. The number of hydrogen-bond acceptors (Lipinski definition) is 19. The molecule has 386 valence electrons. The number of aromatic nitrogens is 6. The number of azide groups is 1. The summed E-state index contributed by atoms with van der Waals surface area (Å²) in [5.74, 6) is 0.0120. The number of unbranched alkanes of at least 4 members (excludes halogenated alkanes) is 7. The Bertz CT molecular complexity index is 2930. The molecule has 3 aliphatic rings. The van der Waals surface area contributed by atoms with Gasteiger partial charge in [0.2, 0.25) is 0 Å². The quantitative estimate of drug-likeness (QED) is 0.0138. The third-order valence-electron chi connectivity index (χ3n) is 11.7. The molecule has 0 saturated carbocycles. The molecule has 0 radical (unpaired) electrons. The molecule has 3 saturated heterocycles. The van der Waals surface area contributed by atoms with E-state index in [0.29, 0.717) is 40.4 Å². The van der Waals surface area contributed by atoms with E-state index in [4.69, 9.17) is 48.3 Å². The van der Waals surface area contributed by atoms with Crippen molar-refractivity contribution in [1.82, 2.24) is 29.1 Å². The van der Waals surface area contributed by atoms with Crippen molar-refractivity contribution in [2.75, 3.05) is 32.1 Å². The van der Waals surface area contributed by atoms with Gasteiger partial charge >= 0.3 is 26.3 Å². The minimum atomic E-state index is -5.25. The maximum Gasteiger partial charge on any atom is 0.472 e. The Morgan fingerprint density at radius 3 is 2.19 bits per heavy atom. The van der Waals surface area contributed by atoms with Crippen molar-refractivity contribution in [2.45, 2.75) is 106 Å². The van der Waals surface area contributed by atoms with E-state index < -0.39 is 94.3 Å². The summed E-state index contributed by atoms with van der Waals surface area (Å²) in [6.07, 6.45) is -3.46. The lowest BCUT2D eigenvalue weighted by Crippen LogP contribution is -2.38. The molecule has 3 aliphatic heterocycles. The highest BCUT2D eigenvalue weighted by Gasteiger charge is 2.55. The molecule has 3 fully saturated rings. The molecule has 4 N–H and O–H groups in total. The van der Waals surface area contributed by atoms with Gasteiger partial charge in [0.15, 0.2) is 36.3 Å². The molecule has 0 spiro atoms. The van der Waals surface area contributed by atoms with Crippen LogP contribution in [0.4, 0.5) is 14.6 Å². The van der Waals surface area contributed by atoms with Gasteiger partial charge < -0.3 is 29.6 Å². The lowest BCUT2D eigenvalue weighted by atomic mass is 10.1. The van der Waals surface area contributed by atoms with Gasteiger partial charge in [-0.15, -0.1) is 0 Å². The van der Waals surface area contributed by atoms with Crippen LogP contribution in [0.5, 0.6) is 11.5 Å². The van der Waals surface area contributed by atoms with E-state index in [0.717, 1.165) is 80.9 Å². The Morgan fingerprint density at radius 2 is 1.50 bits per heavy atom. The number of rotatable bonds is 19. The van der Waals surface area contributed by atoms with Gasteiger partial charge in [-0.3, -0.25) is 37.0 Å². The van der Waals surface area contributed by atoms with Crippen molar-refractivity contribution in [3.8, 4) is 11.5 Å². The Balaban J connectivity index is 0.915. The SMILES string of the molecule is [N-]=[N+]=NCCCCCCCCCCOc1ccc(C(=O)Oc2ccc(CSP3(=O)OC[C@H]4O[C@@H](n5cnc6c(N)ncnc65)[C@H](F)[C@@H]4OP(=O)(O)OC[C@H]4O[C@@H](n5ccc(=O)[nH]c5=O)[C@H](F)[C@@H]4O3)cc2)cc1. The van der Waals surface area contributed by atoms with Gasteiger partial charge in [0.05, 0.1) is 31.7 Å². The second kappa shape index (κ2) is 24.0. The van der Waals surface area contributed by atoms with E-state index >= 15 is 8.78 Å². The normalized spacial score (nSPS) is 27.5. The highest BCUT2D eigenvalue weighted by atomic mass is 32.7. The van der Waals surface area contributed by atoms with Crippen LogP contribution in [0.1, 0.15) is 79.7 Å². The molecule has 0 bridgehead atoms. The number of nitrogens with zero attached hydrogens (tertiary/aromatic N) is 8. The molecule has 0 aliphatic carbocycles. The molecular weight excluding hydrogens is 1010 g/mol. The zero-order valence-electron chi connectivity index (χ0n) is 38.2. The summed E-state index contributed by atoms with van der Waals surface area (Å²) in [7, 11) is -5.25. The maximum absolute atomic E-state index is 16.5. The molecule has 2 unspecified atom stereocenters. The van der Waals surface area contributed by atoms with E-state index in [9.17, 15) is 28.4 Å². The number of benzene rings is 2. The lowest BCUT2D eigenvalue weighted by molar-refractivity contribution is -0.0619. The van der Waals surface area contributed by atoms with Crippen LogP contribution in [-0.4, -0.2) is 103 Å². The fraction of sp³-hybridized carbons (Fsp3) is 0.488. The van der Waals surface area contributed by atoms with Gasteiger partial charge in [-0.05, 0) is 71.7 Å². The number of ether oxygens (including phenoxy) is 4. The standard InChI is InChI=1S/C43H50F2N10O14P2S/c44-33-36-31(67-41(33)55-25-50-35-38(46)48-24-49-39(35)55)22-64-71(61,69-37-30(21-63-70(59,60)68-36)66-40(34(37)45)54-19-17-32(56)52-43(54)58)72-23-26-9-13-29(14-10-26)65-42(57)27-11-15-28(16-12-27)62-20-8-6-4-2-1-3-5-7-18-51-53-47/h9-17,19,24-25,30-31,33-34,36-37,40-41H,1-8,18,20-23H2,(H,59,60)(H2,46,48,49)(H,52,56,58)/t30-,31-,33-,34-,36-,37-,40-,41-,71?/m1/s1. The van der Waals surface area contributed by atoms with Crippen LogP contribution in [0.3, 0.4) is 0 Å². The first-order valence-electron chi connectivity index (χ1n) is 22.8. The van der Waals surface area contributed by atoms with Crippen LogP contribution in [0.15, 0.2) is 88.2 Å². The van der Waals surface area contributed by atoms with Gasteiger partial charge in [0, 0.05) is 29.5 Å². The van der Waals surface area contributed by atoms with Gasteiger partial charge in [0.1, 0.15) is 47.8 Å². The van der Waals surface area contributed by atoms with E-state index in [-0.39, 0.29) is 34.0 Å². The minimum absolute atomic E-state index is 0.0192. The van der Waals surface area contributed by atoms with E-state index in [2.05, 4.69) is 25.0 Å². The first-order valence-corrected chi connectivity index (χ1v) is 27.5. The minimum Gasteiger partial charge on any atom is -0.494 e. The fourth-order valence-electron chi connectivity index (χ4n) is 8.04. The Kier molecular flexibility index (Phi) is 17.6. The third kappa shape index (κ3) is 13.1. The average molecular weight is 1060 g/mol. The van der Waals surface area contributed by atoms with Crippen LogP contribution in [-0.2, 0) is 42.5 Å². The summed E-state index contributed by atoms with van der Waals surface area (Å²) in [6, 6.07) is 13.6. The average Bonchev–Trinajstić information content (AvgIpc) is 4.02. The number of carbonyl (C=O) groups is 1. The van der Waals surface area contributed by atoms with Crippen molar-refractivity contribution >= 4 is 49.0 Å². The highest BCUT2D eigenvalue weighted by molar-refractivity contribution is 8.54. The smallest absolute Gasteiger partial charge is 0.472 e. The van der Waals surface area contributed by atoms with Gasteiger partial charge in [-0.1, -0.05) is 55.8 Å². The van der Waals surface area contributed by atoms with Crippen LogP contribution >= 0.6 is 26.0 Å². The first kappa shape index (κ1) is 52.8.